The molecular weight excluding hydrogens is 224 g/mol. The molecule has 1 rings (SSSR count). The van der Waals surface area contributed by atoms with Crippen molar-refractivity contribution < 1.29 is 74.0 Å². The number of carbonyl (C=O) groups excluding carboxylic acids is 1. The molecule has 1 aliphatic heterocycles. The maximum atomic E-state index is 10.6. The van der Waals surface area contributed by atoms with Crippen LogP contribution in [0.3, 0.4) is 0 Å². The van der Waals surface area contributed by atoms with Gasteiger partial charge in [0.1, 0.15) is 0 Å². The second-order valence-corrected chi connectivity index (χ2v) is 2.88. The average Bonchev–Trinajstić information content (AvgIpc) is 2.17. The molecule has 0 spiro atoms. The zero-order valence-electron chi connectivity index (χ0n) is 8.88. The minimum atomic E-state index is -1.10. The van der Waals surface area contributed by atoms with E-state index in [1.165, 1.54) is 0 Å². The van der Waals surface area contributed by atoms with Gasteiger partial charge in [-0.1, -0.05) is 0 Å². The molecule has 1 fully saturated rings. The second kappa shape index (κ2) is 8.60. The summed E-state index contributed by atoms with van der Waals surface area (Å²) < 4.78 is 0. The van der Waals surface area contributed by atoms with Crippen molar-refractivity contribution in [2.45, 2.75) is 12.8 Å². The fraction of sp³-hybridized carbons (Fsp3) is 0.833. The number of piperidine rings is 1. The van der Waals surface area contributed by atoms with E-state index in [0.29, 0.717) is 12.8 Å². The van der Waals surface area contributed by atoms with Gasteiger partial charge in [-0.05, 0) is 18.1 Å². The SMILES string of the molecule is O=C([O-])C1CCN(/[N+]([O-])=N/[O-])CC1.[Na+].[Na+]. The van der Waals surface area contributed by atoms with Gasteiger partial charge in [0.25, 0.3) is 0 Å². The largest absolute Gasteiger partial charge is 1.00 e. The number of aliphatic carboxylic acids is 1. The fourth-order valence-electron chi connectivity index (χ4n) is 1.32. The van der Waals surface area contributed by atoms with Gasteiger partial charge in [-0.15, -0.1) is 5.01 Å². The van der Waals surface area contributed by atoms with Gasteiger partial charge in [-0.2, -0.15) is 0 Å². The molecule has 0 radical (unpaired) electrons. The van der Waals surface area contributed by atoms with Crippen molar-refractivity contribution in [1.29, 1.82) is 0 Å². The molecule has 9 heteroatoms. The molecule has 7 nitrogen and oxygen atoms in total. The van der Waals surface area contributed by atoms with E-state index in [-0.39, 0.29) is 77.2 Å². The van der Waals surface area contributed by atoms with Crippen LogP contribution in [0.4, 0.5) is 0 Å². The Morgan fingerprint density at radius 3 is 2.13 bits per heavy atom. The van der Waals surface area contributed by atoms with Crippen LogP contribution in [0.5, 0.6) is 0 Å². The molecule has 1 aliphatic rings. The molecule has 0 unspecified atom stereocenters. The number of rotatable bonds is 2. The van der Waals surface area contributed by atoms with Gasteiger partial charge in [-0.3, -0.25) is 0 Å². The zero-order valence-corrected chi connectivity index (χ0v) is 12.9. The first-order valence-corrected chi connectivity index (χ1v) is 3.91. The van der Waals surface area contributed by atoms with Crippen molar-refractivity contribution in [3.05, 3.63) is 10.4 Å². The average molecular weight is 233 g/mol. The van der Waals surface area contributed by atoms with Crippen molar-refractivity contribution in [1.82, 2.24) is 5.01 Å². The first kappa shape index (κ1) is 17.9. The molecule has 1 heterocycles. The number of carboxylic acid groups (broad SMARTS) is 1. The molecule has 0 saturated carbocycles. The summed E-state index contributed by atoms with van der Waals surface area (Å²) >= 11 is 0. The van der Waals surface area contributed by atoms with Gasteiger partial charge in [-0.25, -0.2) is 0 Å². The fourth-order valence-corrected chi connectivity index (χ4v) is 1.32. The Labute approximate surface area is 131 Å². The second-order valence-electron chi connectivity index (χ2n) is 2.88. The number of carboxylic acids is 1. The number of hydrogen-bond donors (Lipinski definition) is 0. The summed E-state index contributed by atoms with van der Waals surface area (Å²) in [7, 11) is 0. The summed E-state index contributed by atoms with van der Waals surface area (Å²) in [6.07, 6.45) is 0.632. The third kappa shape index (κ3) is 5.37. The smallest absolute Gasteiger partial charge is 0.737 e. The van der Waals surface area contributed by atoms with Crippen LogP contribution in [0.15, 0.2) is 5.28 Å². The molecule has 0 amide bonds. The van der Waals surface area contributed by atoms with Gasteiger partial charge < -0.3 is 20.3 Å². The van der Waals surface area contributed by atoms with Crippen LogP contribution in [-0.4, -0.2) is 29.0 Å². The summed E-state index contributed by atoms with van der Waals surface area (Å²) in [5.41, 5.74) is 0. The Balaban J connectivity index is 0. The van der Waals surface area contributed by atoms with Crippen molar-refractivity contribution in [2.24, 2.45) is 11.2 Å². The maximum absolute atomic E-state index is 10.6. The Hall–Kier alpha value is 0.470. The minimum absolute atomic E-state index is 0. The number of hydrazine groups is 1. The zero-order chi connectivity index (χ0) is 9.84. The van der Waals surface area contributed by atoms with Gasteiger partial charge >= 0.3 is 59.1 Å². The van der Waals surface area contributed by atoms with Crippen LogP contribution < -0.4 is 64.2 Å². The Morgan fingerprint density at radius 1 is 1.33 bits per heavy atom. The van der Waals surface area contributed by atoms with Crippen LogP contribution in [0.25, 0.3) is 0 Å². The van der Waals surface area contributed by atoms with E-state index >= 15 is 0 Å². The molecule has 1 saturated heterocycles. The van der Waals surface area contributed by atoms with Crippen molar-refractivity contribution in [2.75, 3.05) is 13.1 Å². The summed E-state index contributed by atoms with van der Waals surface area (Å²) in [5.74, 6) is -1.62. The van der Waals surface area contributed by atoms with E-state index in [1.807, 2.05) is 0 Å². The van der Waals surface area contributed by atoms with E-state index in [1.54, 1.807) is 0 Å². The predicted molar refractivity (Wildman–Crippen MR) is 38.7 cm³/mol. The molecule has 74 valence electrons. The third-order valence-electron chi connectivity index (χ3n) is 2.12. The number of nitrogens with zero attached hydrogens (tertiary/aromatic N) is 3. The first-order valence-electron chi connectivity index (χ1n) is 3.91. The monoisotopic (exact) mass is 233 g/mol. The Morgan fingerprint density at radius 2 is 1.80 bits per heavy atom. The molecule has 0 atom stereocenters. The van der Waals surface area contributed by atoms with E-state index in [4.69, 9.17) is 0 Å². The summed E-state index contributed by atoms with van der Waals surface area (Å²) in [6.45, 7) is 0.460. The van der Waals surface area contributed by atoms with E-state index in [2.05, 4.69) is 5.28 Å². The molecule has 0 N–H and O–H groups in total. The van der Waals surface area contributed by atoms with Crippen LogP contribution in [0.1, 0.15) is 12.8 Å². The van der Waals surface area contributed by atoms with Crippen LogP contribution in [0, 0.1) is 16.3 Å². The van der Waals surface area contributed by atoms with Crippen LogP contribution in [0.2, 0.25) is 0 Å². The van der Waals surface area contributed by atoms with Crippen molar-refractivity contribution in [3.63, 3.8) is 0 Å². The minimum Gasteiger partial charge on any atom is -0.737 e. The maximum Gasteiger partial charge on any atom is 1.00 e. The molecule has 0 aromatic rings. The number of hydrogen-bond acceptors (Lipinski definition) is 5. The predicted octanol–water partition coefficient (Wildman–Crippen LogP) is -7.17. The Kier molecular flexibility index (Phi) is 10.2. The molecule has 0 aromatic heterocycles. The van der Waals surface area contributed by atoms with E-state index in [0.717, 1.165) is 5.01 Å². The first-order chi connectivity index (χ1) is 6.15. The van der Waals surface area contributed by atoms with Gasteiger partial charge in [0.05, 0.1) is 13.1 Å². The third-order valence-corrected chi connectivity index (χ3v) is 2.12. The molecule has 0 aromatic carbocycles. The van der Waals surface area contributed by atoms with Crippen molar-refractivity contribution >= 4 is 5.97 Å². The molecule has 0 aliphatic carbocycles. The van der Waals surface area contributed by atoms with E-state index in [9.17, 15) is 20.3 Å². The van der Waals surface area contributed by atoms with Crippen LogP contribution in [-0.2, 0) is 4.79 Å². The van der Waals surface area contributed by atoms with Gasteiger partial charge in [0.15, 0.2) is 0 Å². The standard InChI is InChI=1S/C6H11N3O4.2Na/c10-6(11)5-1-3-8(4-2-5)9(13)7-12;;/h5,12H,1-4H2,(H,10,11);;/q;2*+1/p-2/b9-7-;;. The van der Waals surface area contributed by atoms with Gasteiger partial charge in [0.2, 0.25) is 0 Å². The quantitative estimate of drug-likeness (QED) is 0.204. The topological polar surface area (TPSA) is 105 Å². The summed E-state index contributed by atoms with van der Waals surface area (Å²) in [5, 5.41) is 34.2. The summed E-state index contributed by atoms with van der Waals surface area (Å²) in [4.78, 5) is 10.3. The molecular formula is C6H9N3Na2O4. The normalized spacial score (nSPS) is 17.6. The Bertz CT molecular complexity index is 230. The summed E-state index contributed by atoms with van der Waals surface area (Å²) in [6, 6.07) is 0. The molecule has 15 heavy (non-hydrogen) atoms. The van der Waals surface area contributed by atoms with Crippen molar-refractivity contribution in [3.8, 4) is 0 Å². The van der Waals surface area contributed by atoms with Crippen LogP contribution >= 0.6 is 0 Å². The van der Waals surface area contributed by atoms with E-state index < -0.39 is 11.9 Å². The van der Waals surface area contributed by atoms with Gasteiger partial charge in [0, 0.05) is 16.9 Å². The molecule has 0 bridgehead atoms. The number of carbonyl (C=O) groups is 1.